The van der Waals surface area contributed by atoms with Crippen LogP contribution in [0.2, 0.25) is 0 Å². The Hall–Kier alpha value is -1.02. The van der Waals surface area contributed by atoms with E-state index in [9.17, 15) is 0 Å². The molecule has 0 aromatic heterocycles. The largest absolute Gasteiger partial charge is 0.496 e. The number of hydrogen-bond acceptors (Lipinski definition) is 2. The summed E-state index contributed by atoms with van der Waals surface area (Å²) in [5.74, 6) is 0.928. The fourth-order valence-electron chi connectivity index (χ4n) is 1.50. The number of hydrogen-bond donors (Lipinski definition) is 0. The molecule has 78 valence electrons. The minimum atomic E-state index is 0.157. The number of aryl methyl sites for hydroxylation is 1. The third-order valence-corrected chi connectivity index (χ3v) is 2.30. The summed E-state index contributed by atoms with van der Waals surface area (Å²) >= 11 is 0. The van der Waals surface area contributed by atoms with Crippen LogP contribution in [0.4, 0.5) is 0 Å². The Morgan fingerprint density at radius 2 is 2.07 bits per heavy atom. The van der Waals surface area contributed by atoms with Gasteiger partial charge in [0.1, 0.15) is 5.75 Å². The van der Waals surface area contributed by atoms with Gasteiger partial charge in [0, 0.05) is 6.61 Å². The summed E-state index contributed by atoms with van der Waals surface area (Å²) in [7, 11) is 1.69. The SMILES string of the molecule is CCOC(C)c1ccc(OC)c(C)c1. The molecule has 0 heterocycles. The Bertz CT molecular complexity index is 294. The van der Waals surface area contributed by atoms with Crippen LogP contribution >= 0.6 is 0 Å². The number of rotatable bonds is 4. The standard InChI is InChI=1S/C12H18O2/c1-5-14-10(3)11-6-7-12(13-4)9(2)8-11/h6-8,10H,5H2,1-4H3. The van der Waals surface area contributed by atoms with Crippen LogP contribution in [-0.4, -0.2) is 13.7 Å². The summed E-state index contributed by atoms with van der Waals surface area (Å²) in [5, 5.41) is 0. The lowest BCUT2D eigenvalue weighted by Crippen LogP contribution is -2.00. The van der Waals surface area contributed by atoms with Crippen molar-refractivity contribution in [1.82, 2.24) is 0 Å². The molecule has 0 aliphatic rings. The van der Waals surface area contributed by atoms with Gasteiger partial charge in [-0.3, -0.25) is 0 Å². The van der Waals surface area contributed by atoms with E-state index in [1.54, 1.807) is 7.11 Å². The van der Waals surface area contributed by atoms with Gasteiger partial charge in [0.2, 0.25) is 0 Å². The van der Waals surface area contributed by atoms with E-state index in [0.717, 1.165) is 17.9 Å². The normalized spacial score (nSPS) is 12.6. The second-order valence-electron chi connectivity index (χ2n) is 3.33. The molecule has 14 heavy (non-hydrogen) atoms. The third-order valence-electron chi connectivity index (χ3n) is 2.30. The first-order valence-electron chi connectivity index (χ1n) is 4.95. The van der Waals surface area contributed by atoms with Crippen LogP contribution in [0.3, 0.4) is 0 Å². The van der Waals surface area contributed by atoms with Crippen LogP contribution in [0.15, 0.2) is 18.2 Å². The lowest BCUT2D eigenvalue weighted by atomic mass is 10.1. The Morgan fingerprint density at radius 3 is 2.57 bits per heavy atom. The predicted octanol–water partition coefficient (Wildman–Crippen LogP) is 3.10. The van der Waals surface area contributed by atoms with Crippen LogP contribution < -0.4 is 4.74 Å². The van der Waals surface area contributed by atoms with Crippen molar-refractivity contribution in [2.24, 2.45) is 0 Å². The van der Waals surface area contributed by atoms with Gasteiger partial charge in [0.15, 0.2) is 0 Å². The fourth-order valence-corrected chi connectivity index (χ4v) is 1.50. The molecule has 1 aromatic rings. The van der Waals surface area contributed by atoms with Crippen molar-refractivity contribution in [3.63, 3.8) is 0 Å². The molecule has 1 rings (SSSR count). The average molecular weight is 194 g/mol. The minimum absolute atomic E-state index is 0.157. The van der Waals surface area contributed by atoms with Gasteiger partial charge < -0.3 is 9.47 Å². The molecule has 0 fully saturated rings. The molecule has 0 aliphatic heterocycles. The van der Waals surface area contributed by atoms with Crippen molar-refractivity contribution >= 4 is 0 Å². The van der Waals surface area contributed by atoms with Gasteiger partial charge in [-0.2, -0.15) is 0 Å². The number of ether oxygens (including phenoxy) is 2. The molecule has 0 spiro atoms. The lowest BCUT2D eigenvalue weighted by molar-refractivity contribution is 0.0763. The third kappa shape index (κ3) is 2.48. The Labute approximate surface area is 85.8 Å². The smallest absolute Gasteiger partial charge is 0.121 e. The molecule has 0 bridgehead atoms. The van der Waals surface area contributed by atoms with Gasteiger partial charge in [-0.15, -0.1) is 0 Å². The average Bonchev–Trinajstić information content (AvgIpc) is 2.18. The quantitative estimate of drug-likeness (QED) is 0.733. The molecule has 0 N–H and O–H groups in total. The molecular weight excluding hydrogens is 176 g/mol. The van der Waals surface area contributed by atoms with E-state index < -0.39 is 0 Å². The highest BCUT2D eigenvalue weighted by Crippen LogP contribution is 2.23. The molecule has 1 aromatic carbocycles. The molecule has 0 amide bonds. The predicted molar refractivity (Wildman–Crippen MR) is 57.8 cm³/mol. The molecule has 1 unspecified atom stereocenters. The zero-order valence-electron chi connectivity index (χ0n) is 9.33. The highest BCUT2D eigenvalue weighted by atomic mass is 16.5. The van der Waals surface area contributed by atoms with Crippen LogP contribution in [0.25, 0.3) is 0 Å². The molecule has 0 saturated carbocycles. The van der Waals surface area contributed by atoms with Crippen molar-refractivity contribution < 1.29 is 9.47 Å². The molecule has 0 aliphatic carbocycles. The zero-order valence-corrected chi connectivity index (χ0v) is 9.33. The van der Waals surface area contributed by atoms with Crippen molar-refractivity contribution in [2.75, 3.05) is 13.7 Å². The number of methoxy groups -OCH3 is 1. The van der Waals surface area contributed by atoms with E-state index in [2.05, 4.69) is 13.0 Å². The van der Waals surface area contributed by atoms with Crippen LogP contribution in [-0.2, 0) is 4.74 Å². The first-order chi connectivity index (χ1) is 6.69. The topological polar surface area (TPSA) is 18.5 Å². The molecule has 2 nitrogen and oxygen atoms in total. The van der Waals surface area contributed by atoms with Gasteiger partial charge in [-0.05, 0) is 44.0 Å². The first kappa shape index (κ1) is 11.1. The van der Waals surface area contributed by atoms with Crippen molar-refractivity contribution in [1.29, 1.82) is 0 Å². The summed E-state index contributed by atoms with van der Waals surface area (Å²) in [5.41, 5.74) is 2.35. The van der Waals surface area contributed by atoms with E-state index in [0.29, 0.717) is 0 Å². The highest BCUT2D eigenvalue weighted by molar-refractivity contribution is 5.36. The highest BCUT2D eigenvalue weighted by Gasteiger charge is 2.06. The van der Waals surface area contributed by atoms with Gasteiger partial charge in [0.05, 0.1) is 13.2 Å². The van der Waals surface area contributed by atoms with Crippen LogP contribution in [0.1, 0.15) is 31.1 Å². The minimum Gasteiger partial charge on any atom is -0.496 e. The van der Waals surface area contributed by atoms with Gasteiger partial charge in [-0.25, -0.2) is 0 Å². The first-order valence-corrected chi connectivity index (χ1v) is 4.95. The Balaban J connectivity index is 2.85. The fraction of sp³-hybridized carbons (Fsp3) is 0.500. The zero-order chi connectivity index (χ0) is 10.6. The van der Waals surface area contributed by atoms with E-state index in [1.807, 2.05) is 26.0 Å². The summed E-state index contributed by atoms with van der Waals surface area (Å²) in [4.78, 5) is 0. The second kappa shape index (κ2) is 5.01. The summed E-state index contributed by atoms with van der Waals surface area (Å²) in [6.07, 6.45) is 0.157. The van der Waals surface area contributed by atoms with E-state index in [-0.39, 0.29) is 6.10 Å². The Kier molecular flexibility index (Phi) is 3.96. The van der Waals surface area contributed by atoms with Crippen molar-refractivity contribution in [3.05, 3.63) is 29.3 Å². The van der Waals surface area contributed by atoms with Gasteiger partial charge in [-0.1, -0.05) is 6.07 Å². The summed E-state index contributed by atoms with van der Waals surface area (Å²) in [6, 6.07) is 6.14. The molecule has 0 saturated heterocycles. The number of benzene rings is 1. The van der Waals surface area contributed by atoms with E-state index in [4.69, 9.17) is 9.47 Å². The van der Waals surface area contributed by atoms with E-state index in [1.165, 1.54) is 5.56 Å². The maximum absolute atomic E-state index is 5.52. The Morgan fingerprint density at radius 1 is 1.36 bits per heavy atom. The van der Waals surface area contributed by atoms with Gasteiger partial charge >= 0.3 is 0 Å². The van der Waals surface area contributed by atoms with Gasteiger partial charge in [0.25, 0.3) is 0 Å². The van der Waals surface area contributed by atoms with Crippen LogP contribution in [0, 0.1) is 6.92 Å². The monoisotopic (exact) mass is 194 g/mol. The maximum Gasteiger partial charge on any atom is 0.121 e. The second-order valence-corrected chi connectivity index (χ2v) is 3.33. The lowest BCUT2D eigenvalue weighted by Gasteiger charge is -2.13. The van der Waals surface area contributed by atoms with E-state index >= 15 is 0 Å². The molecule has 0 radical (unpaired) electrons. The van der Waals surface area contributed by atoms with Crippen molar-refractivity contribution in [3.8, 4) is 5.75 Å². The maximum atomic E-state index is 5.52. The molecular formula is C12H18O2. The van der Waals surface area contributed by atoms with Crippen LogP contribution in [0.5, 0.6) is 5.75 Å². The van der Waals surface area contributed by atoms with Crippen molar-refractivity contribution in [2.45, 2.75) is 26.9 Å². The summed E-state index contributed by atoms with van der Waals surface area (Å²) < 4.78 is 10.7. The molecule has 2 heteroatoms. The molecule has 1 atom stereocenters. The summed E-state index contributed by atoms with van der Waals surface area (Å²) in [6.45, 7) is 6.85.